The fraction of sp³-hybridized carbons (Fsp3) is 0.0625. The number of nitrogens with one attached hydrogen (secondary N) is 2. The van der Waals surface area contributed by atoms with Gasteiger partial charge in [0.05, 0.1) is 10.9 Å². The smallest absolute Gasteiger partial charge is 0.290 e. The van der Waals surface area contributed by atoms with E-state index < -0.39 is 6.17 Å². The van der Waals surface area contributed by atoms with Crippen molar-refractivity contribution in [1.29, 1.82) is 0 Å². The molecule has 2 heterocycles. The summed E-state index contributed by atoms with van der Waals surface area (Å²) < 4.78 is 2.51. The molecule has 0 unspecified atom stereocenters. The molecule has 1 aliphatic rings. The number of hydrogen-bond donors (Lipinski definition) is 3. The molecule has 7 heteroatoms. The molecule has 4 N–H and O–H groups in total. The van der Waals surface area contributed by atoms with Gasteiger partial charge in [0, 0.05) is 10.0 Å². The van der Waals surface area contributed by atoms with Crippen molar-refractivity contribution in [2.75, 3.05) is 5.32 Å². The summed E-state index contributed by atoms with van der Waals surface area (Å²) in [6.45, 7) is 0. The Balaban J connectivity index is 2.02. The summed E-state index contributed by atoms with van der Waals surface area (Å²) in [6, 6.07) is 15.0. The molecule has 1 atom stereocenters. The molecule has 2 aromatic carbocycles. The van der Waals surface area contributed by atoms with E-state index in [1.807, 2.05) is 42.5 Å². The van der Waals surface area contributed by atoms with E-state index in [9.17, 15) is 4.79 Å². The molecule has 0 spiro atoms. The second-order valence-corrected chi connectivity index (χ2v) is 6.18. The molecular weight excluding hydrogens is 358 g/mol. The van der Waals surface area contributed by atoms with Gasteiger partial charge in [0.25, 0.3) is 11.5 Å². The topological polar surface area (TPSA) is 86.9 Å². The van der Waals surface area contributed by atoms with Crippen molar-refractivity contribution in [3.63, 3.8) is 0 Å². The summed E-state index contributed by atoms with van der Waals surface area (Å²) in [7, 11) is 0. The Kier molecular flexibility index (Phi) is 3.16. The van der Waals surface area contributed by atoms with Gasteiger partial charge in [0.15, 0.2) is 6.17 Å². The first-order valence-corrected chi connectivity index (χ1v) is 7.85. The van der Waals surface area contributed by atoms with Gasteiger partial charge in [-0.2, -0.15) is 4.98 Å². The summed E-state index contributed by atoms with van der Waals surface area (Å²) in [5.41, 5.74) is 7.36. The van der Waals surface area contributed by atoms with Crippen LogP contribution in [0, 0.1) is 0 Å². The minimum atomic E-state index is -0.423. The van der Waals surface area contributed by atoms with Crippen LogP contribution in [0.25, 0.3) is 10.9 Å². The Morgan fingerprint density at radius 3 is 2.87 bits per heavy atom. The number of guanidine groups is 1. The van der Waals surface area contributed by atoms with E-state index in [1.165, 1.54) is 0 Å². The molecule has 0 saturated heterocycles. The van der Waals surface area contributed by atoms with E-state index in [-0.39, 0.29) is 5.56 Å². The third-order valence-corrected chi connectivity index (χ3v) is 4.26. The van der Waals surface area contributed by atoms with E-state index in [0.717, 1.165) is 10.0 Å². The lowest BCUT2D eigenvalue weighted by Crippen LogP contribution is -2.83. The summed E-state index contributed by atoms with van der Waals surface area (Å²) in [5.74, 6) is 0.784. The summed E-state index contributed by atoms with van der Waals surface area (Å²) in [6.07, 6.45) is -0.423. The van der Waals surface area contributed by atoms with Crippen molar-refractivity contribution in [2.45, 2.75) is 6.17 Å². The van der Waals surface area contributed by atoms with Crippen molar-refractivity contribution in [3.05, 3.63) is 68.9 Å². The predicted molar refractivity (Wildman–Crippen MR) is 92.1 cm³/mol. The average molecular weight is 371 g/mol. The Morgan fingerprint density at radius 2 is 2.04 bits per heavy atom. The molecule has 114 valence electrons. The molecule has 4 rings (SSSR count). The van der Waals surface area contributed by atoms with Crippen LogP contribution in [0.15, 0.2) is 57.8 Å². The van der Waals surface area contributed by atoms with Gasteiger partial charge in [0.1, 0.15) is 0 Å². The average Bonchev–Trinajstić information content (AvgIpc) is 2.54. The van der Waals surface area contributed by atoms with Gasteiger partial charge >= 0.3 is 5.96 Å². The first-order valence-electron chi connectivity index (χ1n) is 7.06. The lowest BCUT2D eigenvalue weighted by Gasteiger charge is -2.22. The van der Waals surface area contributed by atoms with Crippen LogP contribution in [-0.4, -0.2) is 15.5 Å². The zero-order valence-electron chi connectivity index (χ0n) is 12.0. The molecule has 0 aliphatic carbocycles. The van der Waals surface area contributed by atoms with Crippen molar-refractivity contribution in [3.8, 4) is 0 Å². The third kappa shape index (κ3) is 2.29. The number of hydrogen-bond acceptors (Lipinski definition) is 4. The number of nitrogens with zero attached hydrogens (tertiary/aromatic N) is 2. The van der Waals surface area contributed by atoms with Gasteiger partial charge < -0.3 is 0 Å². The predicted octanol–water partition coefficient (Wildman–Crippen LogP) is 0.527. The van der Waals surface area contributed by atoms with Gasteiger partial charge in [-0.05, 0) is 24.3 Å². The number of anilines is 1. The van der Waals surface area contributed by atoms with E-state index in [0.29, 0.717) is 22.8 Å². The fourth-order valence-corrected chi connectivity index (χ4v) is 3.17. The second-order valence-electron chi connectivity index (χ2n) is 5.27. The van der Waals surface area contributed by atoms with Crippen LogP contribution in [0.1, 0.15) is 11.7 Å². The Bertz CT molecular complexity index is 1010. The van der Waals surface area contributed by atoms with Crippen molar-refractivity contribution in [1.82, 2.24) is 9.55 Å². The molecule has 1 aliphatic heterocycles. The first kappa shape index (κ1) is 14.0. The molecule has 23 heavy (non-hydrogen) atoms. The summed E-state index contributed by atoms with van der Waals surface area (Å²) in [4.78, 5) is 20.6. The molecular formula is C16H13BrN5O+. The van der Waals surface area contributed by atoms with Crippen LogP contribution in [-0.2, 0) is 0 Å². The zero-order valence-corrected chi connectivity index (χ0v) is 13.5. The standard InChI is InChI=1S/C16H12BrN5O/c17-10-5-3-4-9(8-10)13-20-15(18)21-16-19-12-7-2-1-6-11(12)14(23)22(13)16/h1-8,13H,(H3,18,19,20,21)/p+1/t13-/m0/s1. The highest BCUT2D eigenvalue weighted by atomic mass is 79.9. The summed E-state index contributed by atoms with van der Waals surface area (Å²) in [5, 5.41) is 3.50. The normalized spacial score (nSPS) is 16.6. The van der Waals surface area contributed by atoms with E-state index in [4.69, 9.17) is 5.73 Å². The fourth-order valence-electron chi connectivity index (χ4n) is 2.75. The zero-order chi connectivity index (χ0) is 16.0. The van der Waals surface area contributed by atoms with Crippen molar-refractivity contribution in [2.24, 2.45) is 5.73 Å². The molecule has 0 radical (unpaired) electrons. The van der Waals surface area contributed by atoms with Crippen LogP contribution in [0.4, 0.5) is 5.95 Å². The van der Waals surface area contributed by atoms with Crippen LogP contribution in [0.3, 0.4) is 0 Å². The first-order chi connectivity index (χ1) is 11.1. The Hall–Kier alpha value is -2.67. The maximum Gasteiger partial charge on any atom is 0.350 e. The maximum absolute atomic E-state index is 12.9. The van der Waals surface area contributed by atoms with E-state index in [2.05, 4.69) is 31.2 Å². The van der Waals surface area contributed by atoms with Crippen LogP contribution < -0.4 is 21.6 Å². The lowest BCUT2D eigenvalue weighted by atomic mass is 10.1. The molecule has 0 fully saturated rings. The van der Waals surface area contributed by atoms with Gasteiger partial charge in [-0.3, -0.25) is 15.5 Å². The minimum Gasteiger partial charge on any atom is -0.290 e. The largest absolute Gasteiger partial charge is 0.350 e. The monoisotopic (exact) mass is 370 g/mol. The highest BCUT2D eigenvalue weighted by Crippen LogP contribution is 2.21. The van der Waals surface area contributed by atoms with Crippen molar-refractivity contribution >= 4 is 38.7 Å². The highest BCUT2D eigenvalue weighted by Gasteiger charge is 2.28. The molecule has 6 nitrogen and oxygen atoms in total. The third-order valence-electron chi connectivity index (χ3n) is 3.77. The number of aromatic nitrogens is 2. The number of para-hydroxylation sites is 1. The van der Waals surface area contributed by atoms with Crippen LogP contribution in [0.5, 0.6) is 0 Å². The molecule has 1 aromatic heterocycles. The van der Waals surface area contributed by atoms with Gasteiger partial charge in [-0.25, -0.2) is 9.88 Å². The molecule has 3 aromatic rings. The maximum atomic E-state index is 12.9. The molecule has 0 amide bonds. The molecule has 0 saturated carbocycles. The van der Waals surface area contributed by atoms with Gasteiger partial charge in [-0.1, -0.05) is 40.2 Å². The Morgan fingerprint density at radius 1 is 1.22 bits per heavy atom. The second kappa shape index (κ2) is 5.20. The van der Waals surface area contributed by atoms with Crippen LogP contribution in [0.2, 0.25) is 0 Å². The van der Waals surface area contributed by atoms with Gasteiger partial charge in [-0.15, -0.1) is 0 Å². The Labute approximate surface area is 139 Å². The van der Waals surface area contributed by atoms with Crippen molar-refractivity contribution < 1.29 is 4.99 Å². The number of fused-ring (bicyclic) bond motifs is 2. The number of nitrogens with two attached hydrogens (primary N) is 1. The van der Waals surface area contributed by atoms with Gasteiger partial charge in [0.2, 0.25) is 0 Å². The summed E-state index contributed by atoms with van der Waals surface area (Å²) >= 11 is 3.46. The quantitative estimate of drug-likeness (QED) is 0.583. The number of halogens is 1. The molecule has 0 bridgehead atoms. The lowest BCUT2D eigenvalue weighted by molar-refractivity contribution is -0.521. The number of rotatable bonds is 1. The number of benzene rings is 2. The van der Waals surface area contributed by atoms with Crippen LogP contribution >= 0.6 is 15.9 Å². The SMILES string of the molecule is NC1=[NH+][C@H](c2cccc(Br)c2)n2c(nc3ccccc3c2=O)N1. The van der Waals surface area contributed by atoms with E-state index >= 15 is 0 Å². The van der Waals surface area contributed by atoms with E-state index in [1.54, 1.807) is 10.6 Å². The highest BCUT2D eigenvalue weighted by molar-refractivity contribution is 9.10. The minimum absolute atomic E-state index is 0.122.